The molecule has 0 spiro atoms. The number of hydrogen-bond donors (Lipinski definition) is 1. The largest absolute Gasteiger partial charge is 0.478 e. The summed E-state index contributed by atoms with van der Waals surface area (Å²) in [7, 11) is 1.68. The Balaban J connectivity index is 2.24. The molecule has 0 aliphatic rings. The Morgan fingerprint density at radius 3 is 2.26 bits per heavy atom. The van der Waals surface area contributed by atoms with E-state index < -0.39 is 5.97 Å². The molecule has 2 aromatic rings. The molecule has 0 unspecified atom stereocenters. The first-order valence-corrected chi connectivity index (χ1v) is 6.54. The SMILES string of the molecule is Cc1ccsc1C(=O)N(C)c1ccc(C(=O)O)cc1. The number of nitrogens with zero attached hydrogens (tertiary/aromatic N) is 1. The lowest BCUT2D eigenvalue weighted by molar-refractivity contribution is 0.0696. The van der Waals surface area contributed by atoms with E-state index in [1.165, 1.54) is 28.4 Å². The molecule has 0 saturated heterocycles. The van der Waals surface area contributed by atoms with Gasteiger partial charge >= 0.3 is 5.97 Å². The topological polar surface area (TPSA) is 57.6 Å². The minimum Gasteiger partial charge on any atom is -0.478 e. The summed E-state index contributed by atoms with van der Waals surface area (Å²) in [5.74, 6) is -1.06. The third kappa shape index (κ3) is 2.66. The number of anilines is 1. The zero-order valence-electron chi connectivity index (χ0n) is 10.6. The van der Waals surface area contributed by atoms with E-state index in [4.69, 9.17) is 5.11 Å². The van der Waals surface area contributed by atoms with Crippen LogP contribution >= 0.6 is 11.3 Å². The molecular formula is C14H13NO3S. The molecule has 19 heavy (non-hydrogen) atoms. The van der Waals surface area contributed by atoms with Crippen molar-refractivity contribution in [2.75, 3.05) is 11.9 Å². The summed E-state index contributed by atoms with van der Waals surface area (Å²) >= 11 is 1.40. The van der Waals surface area contributed by atoms with Gasteiger partial charge in [-0.15, -0.1) is 11.3 Å². The molecule has 0 bridgehead atoms. The normalized spacial score (nSPS) is 10.2. The highest BCUT2D eigenvalue weighted by Crippen LogP contribution is 2.21. The molecule has 1 aromatic heterocycles. The van der Waals surface area contributed by atoms with Gasteiger partial charge in [0.25, 0.3) is 5.91 Å². The zero-order valence-corrected chi connectivity index (χ0v) is 11.4. The van der Waals surface area contributed by atoms with Crippen LogP contribution in [-0.4, -0.2) is 24.0 Å². The van der Waals surface area contributed by atoms with Crippen molar-refractivity contribution in [2.24, 2.45) is 0 Å². The Morgan fingerprint density at radius 2 is 1.79 bits per heavy atom. The Labute approximate surface area is 114 Å². The smallest absolute Gasteiger partial charge is 0.335 e. The maximum atomic E-state index is 12.3. The van der Waals surface area contributed by atoms with Gasteiger partial charge in [-0.1, -0.05) is 0 Å². The first kappa shape index (κ1) is 13.3. The van der Waals surface area contributed by atoms with Crippen molar-refractivity contribution in [3.05, 3.63) is 51.7 Å². The van der Waals surface area contributed by atoms with Crippen molar-refractivity contribution in [3.63, 3.8) is 0 Å². The van der Waals surface area contributed by atoms with Crippen molar-refractivity contribution in [1.82, 2.24) is 0 Å². The molecule has 0 aliphatic heterocycles. The second-order valence-corrected chi connectivity index (χ2v) is 5.07. The van der Waals surface area contributed by atoms with Crippen molar-refractivity contribution in [2.45, 2.75) is 6.92 Å². The highest BCUT2D eigenvalue weighted by molar-refractivity contribution is 7.12. The molecule has 1 N–H and O–H groups in total. The highest BCUT2D eigenvalue weighted by atomic mass is 32.1. The van der Waals surface area contributed by atoms with Crippen LogP contribution in [0.3, 0.4) is 0 Å². The summed E-state index contributed by atoms with van der Waals surface area (Å²) in [6.45, 7) is 1.89. The van der Waals surface area contributed by atoms with E-state index in [1.807, 2.05) is 18.4 Å². The Hall–Kier alpha value is -2.14. The number of carboxylic acid groups (broad SMARTS) is 1. The standard InChI is InChI=1S/C14H13NO3S/c1-9-7-8-19-12(9)13(16)15(2)11-5-3-10(4-6-11)14(17)18/h3-8H,1-2H3,(H,17,18). The quantitative estimate of drug-likeness (QED) is 0.936. The van der Waals surface area contributed by atoms with Crippen LogP contribution in [0.15, 0.2) is 35.7 Å². The lowest BCUT2D eigenvalue weighted by atomic mass is 10.2. The van der Waals surface area contributed by atoms with Gasteiger partial charge in [-0.3, -0.25) is 4.79 Å². The van der Waals surface area contributed by atoms with Gasteiger partial charge in [0.05, 0.1) is 10.4 Å². The average molecular weight is 275 g/mol. The van der Waals surface area contributed by atoms with Crippen LogP contribution in [0.25, 0.3) is 0 Å². The lowest BCUT2D eigenvalue weighted by Crippen LogP contribution is -2.25. The predicted octanol–water partition coefficient (Wildman–Crippen LogP) is 3.03. The fourth-order valence-electron chi connectivity index (χ4n) is 1.69. The Kier molecular flexibility index (Phi) is 3.66. The van der Waals surface area contributed by atoms with Gasteiger partial charge in [-0.2, -0.15) is 0 Å². The van der Waals surface area contributed by atoms with E-state index in [1.54, 1.807) is 19.2 Å². The van der Waals surface area contributed by atoms with Crippen molar-refractivity contribution < 1.29 is 14.7 Å². The third-order valence-electron chi connectivity index (χ3n) is 2.86. The van der Waals surface area contributed by atoms with E-state index in [-0.39, 0.29) is 11.5 Å². The van der Waals surface area contributed by atoms with Crippen LogP contribution in [-0.2, 0) is 0 Å². The average Bonchev–Trinajstić information content (AvgIpc) is 2.83. The summed E-state index contributed by atoms with van der Waals surface area (Å²) in [4.78, 5) is 25.3. The van der Waals surface area contributed by atoms with E-state index in [0.717, 1.165) is 5.56 Å². The molecule has 1 heterocycles. The third-order valence-corrected chi connectivity index (χ3v) is 3.87. The number of aryl methyl sites for hydroxylation is 1. The first-order valence-electron chi connectivity index (χ1n) is 5.66. The summed E-state index contributed by atoms with van der Waals surface area (Å²) in [5.41, 5.74) is 1.82. The van der Waals surface area contributed by atoms with E-state index >= 15 is 0 Å². The highest BCUT2D eigenvalue weighted by Gasteiger charge is 2.17. The van der Waals surface area contributed by atoms with Crippen LogP contribution in [0.4, 0.5) is 5.69 Å². The minimum absolute atomic E-state index is 0.0874. The van der Waals surface area contributed by atoms with Crippen molar-refractivity contribution >= 4 is 28.9 Å². The number of benzene rings is 1. The second kappa shape index (κ2) is 5.24. The maximum absolute atomic E-state index is 12.3. The van der Waals surface area contributed by atoms with Crippen molar-refractivity contribution in [1.29, 1.82) is 0 Å². The number of rotatable bonds is 3. The van der Waals surface area contributed by atoms with E-state index in [9.17, 15) is 9.59 Å². The second-order valence-electron chi connectivity index (χ2n) is 4.15. The van der Waals surface area contributed by atoms with Crippen molar-refractivity contribution in [3.8, 4) is 0 Å². The van der Waals surface area contributed by atoms with Gasteiger partial charge in [0.15, 0.2) is 0 Å². The predicted molar refractivity (Wildman–Crippen MR) is 75.2 cm³/mol. The molecular weight excluding hydrogens is 262 g/mol. The summed E-state index contributed by atoms with van der Waals surface area (Å²) in [6.07, 6.45) is 0. The molecule has 5 heteroatoms. The monoisotopic (exact) mass is 275 g/mol. The van der Waals surface area contributed by atoms with E-state index in [0.29, 0.717) is 10.6 Å². The summed E-state index contributed by atoms with van der Waals surface area (Å²) in [5, 5.41) is 10.7. The van der Waals surface area contributed by atoms with Crippen LogP contribution in [0.2, 0.25) is 0 Å². The number of carbonyl (C=O) groups is 2. The maximum Gasteiger partial charge on any atom is 0.335 e. The van der Waals surface area contributed by atoms with Crippen LogP contribution in [0.1, 0.15) is 25.6 Å². The van der Waals surface area contributed by atoms with Crippen LogP contribution in [0.5, 0.6) is 0 Å². The van der Waals surface area contributed by atoms with Gasteiger partial charge in [-0.25, -0.2) is 4.79 Å². The fraction of sp³-hybridized carbons (Fsp3) is 0.143. The number of carboxylic acids is 1. The summed E-state index contributed by atoms with van der Waals surface area (Å²) < 4.78 is 0. The molecule has 0 radical (unpaired) electrons. The van der Waals surface area contributed by atoms with Gasteiger partial charge in [0.2, 0.25) is 0 Å². The first-order chi connectivity index (χ1) is 9.00. The molecule has 0 saturated carbocycles. The molecule has 98 valence electrons. The summed E-state index contributed by atoms with van der Waals surface area (Å²) in [6, 6.07) is 8.14. The number of amides is 1. The number of carbonyl (C=O) groups excluding carboxylic acids is 1. The molecule has 0 aliphatic carbocycles. The van der Waals surface area contributed by atoms with Crippen LogP contribution < -0.4 is 4.90 Å². The lowest BCUT2D eigenvalue weighted by Gasteiger charge is -2.17. The van der Waals surface area contributed by atoms with Crippen LogP contribution in [0, 0.1) is 6.92 Å². The van der Waals surface area contributed by atoms with Gasteiger partial charge in [0.1, 0.15) is 0 Å². The molecule has 0 atom stereocenters. The Morgan fingerprint density at radius 1 is 1.16 bits per heavy atom. The zero-order chi connectivity index (χ0) is 14.0. The number of hydrogen-bond acceptors (Lipinski definition) is 3. The number of aromatic carboxylic acids is 1. The molecule has 0 fully saturated rings. The minimum atomic E-state index is -0.977. The van der Waals surface area contributed by atoms with Gasteiger partial charge < -0.3 is 10.0 Å². The molecule has 4 nitrogen and oxygen atoms in total. The molecule has 2 rings (SSSR count). The van der Waals surface area contributed by atoms with Gasteiger partial charge in [0, 0.05) is 12.7 Å². The number of thiophene rings is 1. The fourth-order valence-corrected chi connectivity index (χ4v) is 2.59. The van der Waals surface area contributed by atoms with E-state index in [2.05, 4.69) is 0 Å². The Bertz CT molecular complexity index is 616. The molecule has 1 aromatic carbocycles. The van der Waals surface area contributed by atoms with Gasteiger partial charge in [-0.05, 0) is 48.2 Å². The molecule has 1 amide bonds.